The van der Waals surface area contributed by atoms with Crippen LogP contribution in [0.2, 0.25) is 0 Å². The van der Waals surface area contributed by atoms with Crippen LogP contribution >= 0.6 is 0 Å². The molecule has 2 aromatic rings. The molecule has 1 aliphatic heterocycles. The van der Waals surface area contributed by atoms with E-state index < -0.39 is 15.9 Å². The van der Waals surface area contributed by atoms with Gasteiger partial charge >= 0.3 is 0 Å². The highest BCUT2D eigenvalue weighted by Crippen LogP contribution is 2.27. The summed E-state index contributed by atoms with van der Waals surface area (Å²) in [5, 5.41) is 5.56. The van der Waals surface area contributed by atoms with E-state index in [-0.39, 0.29) is 17.2 Å². The van der Waals surface area contributed by atoms with Crippen molar-refractivity contribution in [2.45, 2.75) is 11.3 Å². The van der Waals surface area contributed by atoms with Crippen LogP contribution < -0.4 is 15.4 Å². The smallest absolute Gasteiger partial charge is 0.286 e. The van der Waals surface area contributed by atoms with Gasteiger partial charge in [-0.05, 0) is 24.3 Å². The molecule has 0 bridgehead atoms. The summed E-state index contributed by atoms with van der Waals surface area (Å²) in [6, 6.07) is 13.4. The fourth-order valence-corrected chi connectivity index (χ4v) is 3.48. The normalized spacial score (nSPS) is 14.8. The number of amides is 1. The summed E-state index contributed by atoms with van der Waals surface area (Å²) in [7, 11) is -2.30. The van der Waals surface area contributed by atoms with Crippen LogP contribution in [0.4, 0.5) is 11.4 Å². The summed E-state index contributed by atoms with van der Waals surface area (Å²) in [5.41, 5.74) is 0.914. The highest BCUT2D eigenvalue weighted by Gasteiger charge is 2.25. The Balaban J connectivity index is 1.77. The van der Waals surface area contributed by atoms with Gasteiger partial charge in [0, 0.05) is 0 Å². The molecule has 0 fully saturated rings. The number of para-hydroxylation sites is 3. The number of amidine groups is 1. The van der Waals surface area contributed by atoms with Crippen molar-refractivity contribution in [3.8, 4) is 5.75 Å². The summed E-state index contributed by atoms with van der Waals surface area (Å²) in [5.74, 6) is 0.184. The topological polar surface area (TPSA) is 96.9 Å². The molecule has 1 aliphatic rings. The zero-order valence-corrected chi connectivity index (χ0v) is 13.6. The maximum absolute atomic E-state index is 12.2. The number of anilines is 2. The molecule has 0 radical (unpaired) electrons. The van der Waals surface area contributed by atoms with E-state index in [2.05, 4.69) is 15.0 Å². The summed E-state index contributed by atoms with van der Waals surface area (Å²) in [6.07, 6.45) is -0.203. The lowest BCUT2D eigenvalue weighted by atomic mass is 10.2. The van der Waals surface area contributed by atoms with Gasteiger partial charge in [0.1, 0.15) is 16.5 Å². The number of benzene rings is 2. The van der Waals surface area contributed by atoms with Crippen LogP contribution in [0.3, 0.4) is 0 Å². The number of methoxy groups -OCH3 is 1. The third-order valence-electron chi connectivity index (χ3n) is 3.38. The first-order valence-electron chi connectivity index (χ1n) is 7.12. The van der Waals surface area contributed by atoms with E-state index >= 15 is 0 Å². The van der Waals surface area contributed by atoms with E-state index in [1.807, 2.05) is 0 Å². The average Bonchev–Trinajstić information content (AvgIpc) is 2.54. The molecule has 124 valence electrons. The molecule has 2 aromatic carbocycles. The highest BCUT2D eigenvalue weighted by atomic mass is 32.2. The molecule has 24 heavy (non-hydrogen) atoms. The highest BCUT2D eigenvalue weighted by molar-refractivity contribution is 7.90. The molecule has 2 N–H and O–H groups in total. The molecule has 0 unspecified atom stereocenters. The molecule has 0 saturated carbocycles. The fourth-order valence-electron chi connectivity index (χ4n) is 2.34. The van der Waals surface area contributed by atoms with Crippen molar-refractivity contribution in [3.63, 3.8) is 0 Å². The fraction of sp³-hybridized carbons (Fsp3) is 0.125. The number of ether oxygens (including phenoxy) is 1. The number of fused-ring (bicyclic) bond motifs is 1. The van der Waals surface area contributed by atoms with Gasteiger partial charge in [0.25, 0.3) is 10.0 Å². The second kappa shape index (κ2) is 6.32. The van der Waals surface area contributed by atoms with Crippen LogP contribution in [-0.2, 0) is 14.8 Å². The van der Waals surface area contributed by atoms with E-state index in [0.717, 1.165) is 0 Å². The zero-order chi connectivity index (χ0) is 17.2. The van der Waals surface area contributed by atoms with Crippen molar-refractivity contribution in [1.82, 2.24) is 0 Å². The molecule has 3 rings (SSSR count). The SMILES string of the molecule is COc1ccccc1NC(=O)CC1=NS(=O)(=O)c2ccccc2N1. The van der Waals surface area contributed by atoms with Gasteiger partial charge in [0.05, 0.1) is 24.9 Å². The standard InChI is InChI=1S/C16H15N3O4S/c1-23-13-8-4-2-6-11(13)18-16(20)10-15-17-12-7-3-5-9-14(12)24(21,22)19-15/h2-9H,10H2,1H3,(H,17,19)(H,18,20). The average molecular weight is 345 g/mol. The van der Waals surface area contributed by atoms with Crippen molar-refractivity contribution in [3.05, 3.63) is 48.5 Å². The number of hydrogen-bond donors (Lipinski definition) is 2. The second-order valence-electron chi connectivity index (χ2n) is 5.06. The lowest BCUT2D eigenvalue weighted by Gasteiger charge is -2.18. The Kier molecular flexibility index (Phi) is 4.22. The molecule has 0 saturated heterocycles. The second-order valence-corrected chi connectivity index (χ2v) is 6.63. The van der Waals surface area contributed by atoms with Gasteiger partial charge in [-0.1, -0.05) is 24.3 Å². The molecule has 1 amide bonds. The third-order valence-corrected chi connectivity index (χ3v) is 4.76. The van der Waals surface area contributed by atoms with Gasteiger partial charge in [-0.2, -0.15) is 8.42 Å². The molecule has 8 heteroatoms. The van der Waals surface area contributed by atoms with Gasteiger partial charge in [-0.3, -0.25) is 4.79 Å². The molecule has 0 atom stereocenters. The summed E-state index contributed by atoms with van der Waals surface area (Å²) >= 11 is 0. The van der Waals surface area contributed by atoms with Crippen molar-refractivity contribution < 1.29 is 17.9 Å². The van der Waals surface area contributed by atoms with Gasteiger partial charge < -0.3 is 15.4 Å². The Hall–Kier alpha value is -2.87. The van der Waals surface area contributed by atoms with Crippen LogP contribution in [0.5, 0.6) is 5.75 Å². The third kappa shape index (κ3) is 3.23. The van der Waals surface area contributed by atoms with E-state index in [9.17, 15) is 13.2 Å². The quantitative estimate of drug-likeness (QED) is 0.886. The van der Waals surface area contributed by atoms with Crippen molar-refractivity contribution in [2.24, 2.45) is 4.40 Å². The number of nitrogens with one attached hydrogen (secondary N) is 2. The lowest BCUT2D eigenvalue weighted by Crippen LogP contribution is -2.26. The van der Waals surface area contributed by atoms with Crippen molar-refractivity contribution in [1.29, 1.82) is 0 Å². The van der Waals surface area contributed by atoms with Gasteiger partial charge in [-0.15, -0.1) is 4.40 Å². The van der Waals surface area contributed by atoms with Gasteiger partial charge in [0.2, 0.25) is 5.91 Å². The van der Waals surface area contributed by atoms with Crippen LogP contribution in [0, 0.1) is 0 Å². The molecular formula is C16H15N3O4S. The van der Waals surface area contributed by atoms with Crippen LogP contribution in [0.1, 0.15) is 6.42 Å². The first-order chi connectivity index (χ1) is 11.5. The number of carbonyl (C=O) groups is 1. The van der Waals surface area contributed by atoms with E-state index in [1.165, 1.54) is 13.2 Å². The predicted octanol–water partition coefficient (Wildman–Crippen LogP) is 2.24. The Morgan fingerprint density at radius 1 is 1.17 bits per heavy atom. The number of carbonyl (C=O) groups excluding carboxylic acids is 1. The maximum atomic E-state index is 12.2. The summed E-state index contributed by atoms with van der Waals surface area (Å²) in [6.45, 7) is 0. The van der Waals surface area contributed by atoms with E-state index in [4.69, 9.17) is 4.74 Å². The van der Waals surface area contributed by atoms with E-state index in [1.54, 1.807) is 42.5 Å². The molecule has 0 spiro atoms. The Bertz CT molecular complexity index is 922. The summed E-state index contributed by atoms with van der Waals surface area (Å²) in [4.78, 5) is 12.3. The number of sulfonamides is 1. The Morgan fingerprint density at radius 3 is 2.67 bits per heavy atom. The number of nitrogens with zero attached hydrogens (tertiary/aromatic N) is 1. The maximum Gasteiger partial charge on any atom is 0.286 e. The molecule has 0 aromatic heterocycles. The minimum atomic E-state index is -3.80. The molecule has 1 heterocycles. The molecule has 0 aliphatic carbocycles. The Labute approximate surface area is 139 Å². The molecule has 7 nitrogen and oxygen atoms in total. The van der Waals surface area contributed by atoms with Gasteiger partial charge in [0.15, 0.2) is 0 Å². The minimum Gasteiger partial charge on any atom is -0.495 e. The van der Waals surface area contributed by atoms with Crippen molar-refractivity contribution in [2.75, 3.05) is 17.7 Å². The van der Waals surface area contributed by atoms with Crippen LogP contribution in [0.15, 0.2) is 57.8 Å². The minimum absolute atomic E-state index is 0.0705. The monoisotopic (exact) mass is 345 g/mol. The number of hydrogen-bond acceptors (Lipinski definition) is 5. The first kappa shape index (κ1) is 16.0. The Morgan fingerprint density at radius 2 is 1.88 bits per heavy atom. The summed E-state index contributed by atoms with van der Waals surface area (Å²) < 4.78 is 33.1. The zero-order valence-electron chi connectivity index (χ0n) is 12.8. The first-order valence-corrected chi connectivity index (χ1v) is 8.56. The largest absolute Gasteiger partial charge is 0.495 e. The van der Waals surface area contributed by atoms with Crippen LogP contribution in [0.25, 0.3) is 0 Å². The van der Waals surface area contributed by atoms with E-state index in [0.29, 0.717) is 17.1 Å². The van der Waals surface area contributed by atoms with Gasteiger partial charge in [-0.25, -0.2) is 0 Å². The lowest BCUT2D eigenvalue weighted by molar-refractivity contribution is -0.115. The van der Waals surface area contributed by atoms with Crippen LogP contribution in [-0.4, -0.2) is 27.3 Å². The number of rotatable bonds is 4. The predicted molar refractivity (Wildman–Crippen MR) is 90.9 cm³/mol. The molecular weight excluding hydrogens is 330 g/mol. The van der Waals surface area contributed by atoms with Crippen molar-refractivity contribution >= 4 is 33.1 Å².